The molecule has 1 rings (SSSR count). The van der Waals surface area contributed by atoms with Crippen molar-refractivity contribution >= 4 is 27.3 Å². The molecule has 3 N–H and O–H groups in total. The molecule has 0 aromatic heterocycles. The minimum atomic E-state index is -0.397. The predicted octanol–water partition coefficient (Wildman–Crippen LogP) is 2.41. The van der Waals surface area contributed by atoms with E-state index in [2.05, 4.69) is 21.2 Å². The number of nitrogens with one attached hydrogen (secondary N) is 1. The van der Waals surface area contributed by atoms with Crippen molar-refractivity contribution in [2.75, 3.05) is 24.3 Å². The summed E-state index contributed by atoms with van der Waals surface area (Å²) in [5.74, 6) is 0. The first kappa shape index (κ1) is 9.32. The minimum absolute atomic E-state index is 0.292. The molecule has 0 fully saturated rings. The molecule has 0 aliphatic heterocycles. The van der Waals surface area contributed by atoms with Gasteiger partial charge in [0.25, 0.3) is 0 Å². The van der Waals surface area contributed by atoms with Crippen LogP contribution in [0.15, 0.2) is 22.7 Å². The number of nitrogens with two attached hydrogens (primary N) is 1. The summed E-state index contributed by atoms with van der Waals surface area (Å²) in [6, 6.07) is 5.44. The maximum absolute atomic E-state index is 11.8. The quantitative estimate of drug-likeness (QED) is 0.786. The van der Waals surface area contributed by atoms with Gasteiger partial charge in [0.1, 0.15) is 6.67 Å². The lowest BCUT2D eigenvalue weighted by atomic mass is 10.3. The monoisotopic (exact) mass is 232 g/mol. The summed E-state index contributed by atoms with van der Waals surface area (Å²) in [6.07, 6.45) is 0. The molecule has 0 amide bonds. The average molecular weight is 233 g/mol. The van der Waals surface area contributed by atoms with Crippen LogP contribution in [0.25, 0.3) is 0 Å². The van der Waals surface area contributed by atoms with E-state index in [1.54, 1.807) is 6.07 Å². The van der Waals surface area contributed by atoms with Crippen LogP contribution in [-0.2, 0) is 0 Å². The third kappa shape index (κ3) is 2.37. The van der Waals surface area contributed by atoms with Crippen LogP contribution in [0.1, 0.15) is 0 Å². The highest BCUT2D eigenvalue weighted by Crippen LogP contribution is 2.22. The number of benzene rings is 1. The van der Waals surface area contributed by atoms with Gasteiger partial charge in [-0.1, -0.05) is 15.9 Å². The Morgan fingerprint density at radius 2 is 2.25 bits per heavy atom. The van der Waals surface area contributed by atoms with Crippen LogP contribution in [0, 0.1) is 0 Å². The topological polar surface area (TPSA) is 38.0 Å². The molecule has 1 aromatic rings. The predicted molar refractivity (Wildman–Crippen MR) is 53.0 cm³/mol. The molecule has 0 radical (unpaired) electrons. The van der Waals surface area contributed by atoms with Crippen LogP contribution < -0.4 is 11.1 Å². The van der Waals surface area contributed by atoms with Gasteiger partial charge in [0.15, 0.2) is 0 Å². The lowest BCUT2D eigenvalue weighted by molar-refractivity contribution is 0.513. The Labute approximate surface area is 79.1 Å². The van der Waals surface area contributed by atoms with Crippen LogP contribution >= 0.6 is 15.9 Å². The Bertz CT molecular complexity index is 265. The van der Waals surface area contributed by atoms with Crippen molar-refractivity contribution in [2.24, 2.45) is 0 Å². The fraction of sp³-hybridized carbons (Fsp3) is 0.250. The Balaban J connectivity index is 2.75. The van der Waals surface area contributed by atoms with Crippen molar-refractivity contribution in [3.05, 3.63) is 22.7 Å². The average Bonchev–Trinajstić information content (AvgIpc) is 2.07. The number of alkyl halides is 1. The van der Waals surface area contributed by atoms with Crippen molar-refractivity contribution in [2.45, 2.75) is 0 Å². The first-order valence-electron chi connectivity index (χ1n) is 3.59. The maximum Gasteiger partial charge on any atom is 0.107 e. The Morgan fingerprint density at radius 1 is 1.50 bits per heavy atom. The molecule has 0 saturated carbocycles. The lowest BCUT2D eigenvalue weighted by Gasteiger charge is -2.07. The third-order valence-corrected chi connectivity index (χ3v) is 1.92. The molecular formula is C8H10BrFN2. The van der Waals surface area contributed by atoms with Crippen molar-refractivity contribution in [3.63, 3.8) is 0 Å². The van der Waals surface area contributed by atoms with Gasteiger partial charge in [-0.05, 0) is 18.2 Å². The molecule has 0 aliphatic rings. The second-order valence-electron chi connectivity index (χ2n) is 2.35. The van der Waals surface area contributed by atoms with Crippen LogP contribution in [0.3, 0.4) is 0 Å². The fourth-order valence-electron chi connectivity index (χ4n) is 0.864. The third-order valence-electron chi connectivity index (χ3n) is 1.43. The van der Waals surface area contributed by atoms with E-state index in [1.807, 2.05) is 12.1 Å². The largest absolute Gasteiger partial charge is 0.397 e. The van der Waals surface area contributed by atoms with Crippen molar-refractivity contribution in [3.8, 4) is 0 Å². The van der Waals surface area contributed by atoms with Gasteiger partial charge in [-0.3, -0.25) is 0 Å². The molecular weight excluding hydrogens is 223 g/mol. The van der Waals surface area contributed by atoms with Gasteiger partial charge in [0, 0.05) is 11.0 Å². The van der Waals surface area contributed by atoms with E-state index in [9.17, 15) is 4.39 Å². The molecule has 0 saturated heterocycles. The molecule has 0 spiro atoms. The molecule has 12 heavy (non-hydrogen) atoms. The zero-order valence-electron chi connectivity index (χ0n) is 6.48. The molecule has 1 aromatic carbocycles. The number of hydrogen-bond donors (Lipinski definition) is 2. The summed E-state index contributed by atoms with van der Waals surface area (Å²) >= 11 is 3.30. The van der Waals surface area contributed by atoms with Crippen LogP contribution in [0.4, 0.5) is 15.8 Å². The highest BCUT2D eigenvalue weighted by Gasteiger charge is 1.97. The molecule has 4 heteroatoms. The van der Waals surface area contributed by atoms with Gasteiger partial charge in [-0.25, -0.2) is 4.39 Å². The summed E-state index contributed by atoms with van der Waals surface area (Å²) in [4.78, 5) is 0. The lowest BCUT2D eigenvalue weighted by Crippen LogP contribution is -2.05. The van der Waals surface area contributed by atoms with E-state index in [-0.39, 0.29) is 0 Å². The number of nitrogen functional groups attached to an aromatic ring is 1. The van der Waals surface area contributed by atoms with Gasteiger partial charge in [0.2, 0.25) is 0 Å². The fourth-order valence-corrected chi connectivity index (χ4v) is 1.22. The normalized spacial score (nSPS) is 9.83. The highest BCUT2D eigenvalue weighted by molar-refractivity contribution is 9.10. The zero-order valence-corrected chi connectivity index (χ0v) is 8.07. The first-order chi connectivity index (χ1) is 5.74. The van der Waals surface area contributed by atoms with Gasteiger partial charge >= 0.3 is 0 Å². The summed E-state index contributed by atoms with van der Waals surface area (Å²) in [5.41, 5.74) is 7.02. The van der Waals surface area contributed by atoms with Crippen LogP contribution in [0.2, 0.25) is 0 Å². The van der Waals surface area contributed by atoms with E-state index in [1.165, 1.54) is 0 Å². The summed E-state index contributed by atoms with van der Waals surface area (Å²) < 4.78 is 12.7. The van der Waals surface area contributed by atoms with Crippen LogP contribution in [0.5, 0.6) is 0 Å². The number of rotatable bonds is 3. The van der Waals surface area contributed by atoms with Crippen molar-refractivity contribution < 1.29 is 4.39 Å². The van der Waals surface area contributed by atoms with Crippen LogP contribution in [-0.4, -0.2) is 13.2 Å². The van der Waals surface area contributed by atoms with Crippen molar-refractivity contribution in [1.29, 1.82) is 0 Å². The standard InChI is InChI=1S/C8H10BrFN2/c9-6-1-2-7(11)8(5-6)12-4-3-10/h1-2,5,12H,3-4,11H2. The summed E-state index contributed by atoms with van der Waals surface area (Å²) in [7, 11) is 0. The van der Waals surface area contributed by atoms with Gasteiger partial charge in [-0.2, -0.15) is 0 Å². The van der Waals surface area contributed by atoms with E-state index in [0.717, 1.165) is 10.2 Å². The highest BCUT2D eigenvalue weighted by atomic mass is 79.9. The summed E-state index contributed by atoms with van der Waals surface area (Å²) in [6.45, 7) is -0.105. The maximum atomic E-state index is 11.8. The number of hydrogen-bond acceptors (Lipinski definition) is 2. The van der Waals surface area contributed by atoms with Gasteiger partial charge < -0.3 is 11.1 Å². The molecule has 0 heterocycles. The second kappa shape index (κ2) is 4.30. The van der Waals surface area contributed by atoms with E-state index < -0.39 is 6.67 Å². The van der Waals surface area contributed by atoms with E-state index in [4.69, 9.17) is 5.73 Å². The zero-order chi connectivity index (χ0) is 8.97. The SMILES string of the molecule is Nc1ccc(Br)cc1NCCF. The van der Waals surface area contributed by atoms with E-state index >= 15 is 0 Å². The van der Waals surface area contributed by atoms with Gasteiger partial charge in [-0.15, -0.1) is 0 Å². The summed E-state index contributed by atoms with van der Waals surface area (Å²) in [5, 5.41) is 2.87. The minimum Gasteiger partial charge on any atom is -0.397 e. The van der Waals surface area contributed by atoms with E-state index in [0.29, 0.717) is 12.2 Å². The van der Waals surface area contributed by atoms with Crippen molar-refractivity contribution in [1.82, 2.24) is 0 Å². The molecule has 0 atom stereocenters. The molecule has 66 valence electrons. The number of halogens is 2. The first-order valence-corrected chi connectivity index (χ1v) is 4.38. The molecule has 0 bridgehead atoms. The number of anilines is 2. The van der Waals surface area contributed by atoms with Gasteiger partial charge in [0.05, 0.1) is 11.4 Å². The molecule has 0 unspecified atom stereocenters. The Kier molecular flexibility index (Phi) is 3.34. The molecule has 0 aliphatic carbocycles. The second-order valence-corrected chi connectivity index (χ2v) is 3.26. The molecule has 2 nitrogen and oxygen atoms in total. The smallest absolute Gasteiger partial charge is 0.107 e. The Morgan fingerprint density at radius 3 is 2.92 bits per heavy atom. The Hall–Kier alpha value is -0.770.